The van der Waals surface area contributed by atoms with Gasteiger partial charge in [-0.2, -0.15) is 0 Å². The number of nitro groups is 1. The van der Waals surface area contributed by atoms with Crippen molar-refractivity contribution in [3.63, 3.8) is 0 Å². The minimum Gasteiger partial charge on any atom is -0.350 e. The zero-order valence-electron chi connectivity index (χ0n) is 15.1. The number of fused-ring (bicyclic) bond motifs is 1. The first kappa shape index (κ1) is 19.2. The van der Waals surface area contributed by atoms with Crippen molar-refractivity contribution >= 4 is 44.2 Å². The summed E-state index contributed by atoms with van der Waals surface area (Å²) in [6.45, 7) is 3.21. The molecule has 0 bridgehead atoms. The second kappa shape index (κ2) is 8.01. The zero-order valence-corrected chi connectivity index (χ0v) is 15.9. The summed E-state index contributed by atoms with van der Waals surface area (Å²) in [5.74, 6) is -1.13. The molecule has 3 N–H and O–H groups in total. The number of anilines is 1. The van der Waals surface area contributed by atoms with Crippen LogP contribution in [-0.4, -0.2) is 27.8 Å². The maximum atomic E-state index is 12.2. The first-order chi connectivity index (χ1) is 13.3. The van der Waals surface area contributed by atoms with Gasteiger partial charge in [-0.15, -0.1) is 0 Å². The number of hydrogen-bond acceptors (Lipinski definition) is 7. The summed E-state index contributed by atoms with van der Waals surface area (Å²) < 4.78 is 0.992. The van der Waals surface area contributed by atoms with Crippen LogP contribution in [0.2, 0.25) is 0 Å². The highest BCUT2D eigenvalue weighted by Crippen LogP contribution is 2.25. The molecule has 0 saturated heterocycles. The van der Waals surface area contributed by atoms with Crippen molar-refractivity contribution in [2.24, 2.45) is 0 Å². The maximum Gasteiger partial charge on any atom is 0.273 e. The summed E-state index contributed by atoms with van der Waals surface area (Å²) >= 11 is 1.42. The van der Waals surface area contributed by atoms with Crippen LogP contribution < -0.4 is 16.2 Å². The lowest BCUT2D eigenvalue weighted by Crippen LogP contribution is -2.47. The molecule has 0 aliphatic heterocycles. The molecule has 0 spiro atoms. The van der Waals surface area contributed by atoms with Gasteiger partial charge in [0.1, 0.15) is 6.04 Å². The quantitative estimate of drug-likeness (QED) is 0.447. The molecular formula is C18H17N5O4S. The lowest BCUT2D eigenvalue weighted by molar-refractivity contribution is -0.385. The number of para-hydroxylation sites is 1. The van der Waals surface area contributed by atoms with Gasteiger partial charge in [-0.1, -0.05) is 29.5 Å². The number of hydrazine groups is 1. The van der Waals surface area contributed by atoms with Crippen LogP contribution >= 0.6 is 11.3 Å². The smallest absolute Gasteiger partial charge is 0.273 e. The molecule has 0 unspecified atom stereocenters. The fraction of sp³-hybridized carbons (Fsp3) is 0.167. The fourth-order valence-electron chi connectivity index (χ4n) is 2.43. The average Bonchev–Trinajstić information content (AvgIpc) is 3.08. The van der Waals surface area contributed by atoms with Gasteiger partial charge in [0.05, 0.1) is 15.1 Å². The van der Waals surface area contributed by atoms with Crippen molar-refractivity contribution in [1.29, 1.82) is 0 Å². The lowest BCUT2D eigenvalue weighted by atomic mass is 10.1. The molecule has 2 amide bonds. The van der Waals surface area contributed by atoms with E-state index >= 15 is 0 Å². The highest BCUT2D eigenvalue weighted by atomic mass is 32.1. The molecule has 0 fully saturated rings. The van der Waals surface area contributed by atoms with E-state index < -0.39 is 22.8 Å². The normalized spacial score (nSPS) is 11.6. The summed E-state index contributed by atoms with van der Waals surface area (Å²) in [5.41, 5.74) is 5.75. The van der Waals surface area contributed by atoms with Gasteiger partial charge in [0, 0.05) is 17.2 Å². The van der Waals surface area contributed by atoms with Crippen LogP contribution in [0.5, 0.6) is 0 Å². The maximum absolute atomic E-state index is 12.2. The number of amides is 2. The third kappa shape index (κ3) is 4.23. The van der Waals surface area contributed by atoms with Crippen molar-refractivity contribution in [3.8, 4) is 0 Å². The minimum atomic E-state index is -0.659. The topological polar surface area (TPSA) is 126 Å². The molecule has 0 aliphatic carbocycles. The molecule has 28 heavy (non-hydrogen) atoms. The summed E-state index contributed by atoms with van der Waals surface area (Å²) in [6, 6.07) is 11.0. The molecule has 144 valence electrons. The summed E-state index contributed by atoms with van der Waals surface area (Å²) in [4.78, 5) is 39.2. The molecule has 3 aromatic rings. The van der Waals surface area contributed by atoms with Crippen LogP contribution in [0.3, 0.4) is 0 Å². The van der Waals surface area contributed by atoms with Crippen molar-refractivity contribution in [2.75, 3.05) is 5.32 Å². The molecule has 1 heterocycles. The molecule has 0 radical (unpaired) electrons. The van der Waals surface area contributed by atoms with Gasteiger partial charge in [0.15, 0.2) is 5.13 Å². The average molecular weight is 399 g/mol. The van der Waals surface area contributed by atoms with Gasteiger partial charge < -0.3 is 5.32 Å². The molecule has 1 aromatic heterocycles. The Morgan fingerprint density at radius 2 is 1.93 bits per heavy atom. The van der Waals surface area contributed by atoms with E-state index in [1.165, 1.54) is 29.5 Å². The molecule has 0 saturated carbocycles. The van der Waals surface area contributed by atoms with Gasteiger partial charge in [-0.05, 0) is 32.0 Å². The van der Waals surface area contributed by atoms with Crippen LogP contribution in [0.1, 0.15) is 22.8 Å². The van der Waals surface area contributed by atoms with Gasteiger partial charge in [-0.3, -0.25) is 30.6 Å². The zero-order chi connectivity index (χ0) is 20.3. The molecule has 1 atom stereocenters. The number of carbonyl (C=O) groups is 2. The van der Waals surface area contributed by atoms with Gasteiger partial charge in [-0.25, -0.2) is 4.98 Å². The Balaban J connectivity index is 1.59. The van der Waals surface area contributed by atoms with Crippen LogP contribution in [0, 0.1) is 17.0 Å². The summed E-state index contributed by atoms with van der Waals surface area (Å²) in [7, 11) is 0. The number of rotatable bonds is 5. The van der Waals surface area contributed by atoms with Crippen molar-refractivity contribution < 1.29 is 14.5 Å². The predicted molar refractivity (Wildman–Crippen MR) is 106 cm³/mol. The second-order valence-corrected chi connectivity index (χ2v) is 7.09. The Bertz CT molecular complexity index is 1030. The number of benzene rings is 2. The Kier molecular flexibility index (Phi) is 5.50. The number of aryl methyl sites for hydroxylation is 1. The van der Waals surface area contributed by atoms with Crippen LogP contribution in [-0.2, 0) is 4.79 Å². The van der Waals surface area contributed by atoms with Gasteiger partial charge in [0.25, 0.3) is 17.5 Å². The molecule has 3 rings (SSSR count). The van der Waals surface area contributed by atoms with E-state index in [2.05, 4.69) is 21.2 Å². The van der Waals surface area contributed by atoms with Crippen LogP contribution in [0.4, 0.5) is 10.8 Å². The Morgan fingerprint density at radius 3 is 2.64 bits per heavy atom. The molecular weight excluding hydrogens is 382 g/mol. The first-order valence-electron chi connectivity index (χ1n) is 8.32. The Hall–Kier alpha value is -3.53. The summed E-state index contributed by atoms with van der Waals surface area (Å²) in [6.07, 6.45) is 0. The predicted octanol–water partition coefficient (Wildman–Crippen LogP) is 2.77. The number of nitrogens with one attached hydrogen (secondary N) is 3. The Morgan fingerprint density at radius 1 is 1.18 bits per heavy atom. The number of hydrogen-bond donors (Lipinski definition) is 3. The third-order valence-electron chi connectivity index (χ3n) is 3.99. The van der Waals surface area contributed by atoms with E-state index in [4.69, 9.17) is 0 Å². The molecule has 0 aliphatic rings. The highest BCUT2D eigenvalue weighted by molar-refractivity contribution is 7.22. The number of nitrogens with zero attached hydrogens (tertiary/aromatic N) is 2. The van der Waals surface area contributed by atoms with Crippen molar-refractivity contribution in [3.05, 3.63) is 63.7 Å². The number of nitro benzene ring substituents is 1. The lowest BCUT2D eigenvalue weighted by Gasteiger charge is -2.14. The van der Waals surface area contributed by atoms with E-state index in [1.54, 1.807) is 13.8 Å². The largest absolute Gasteiger partial charge is 0.350 e. The first-order valence-corrected chi connectivity index (χ1v) is 9.14. The van der Waals surface area contributed by atoms with Crippen LogP contribution in [0.25, 0.3) is 10.2 Å². The number of carbonyl (C=O) groups excluding carboxylic acids is 2. The van der Waals surface area contributed by atoms with Gasteiger partial charge in [0.2, 0.25) is 0 Å². The fourth-order valence-corrected chi connectivity index (χ4v) is 3.38. The summed E-state index contributed by atoms with van der Waals surface area (Å²) in [5, 5.41) is 14.5. The second-order valence-electron chi connectivity index (χ2n) is 6.05. The minimum absolute atomic E-state index is 0.0735. The number of aromatic nitrogens is 1. The van der Waals surface area contributed by atoms with Gasteiger partial charge >= 0.3 is 0 Å². The molecule has 10 heteroatoms. The third-order valence-corrected chi connectivity index (χ3v) is 4.96. The SMILES string of the molecule is Cc1ccc(C(=O)NNC(=O)[C@H](C)Nc2nc3ccccc3s2)cc1[N+](=O)[O-]. The Labute approximate surface area is 163 Å². The highest BCUT2D eigenvalue weighted by Gasteiger charge is 2.18. The van der Waals surface area contributed by atoms with E-state index in [9.17, 15) is 19.7 Å². The van der Waals surface area contributed by atoms with E-state index in [0.717, 1.165) is 10.2 Å². The van der Waals surface area contributed by atoms with Crippen molar-refractivity contribution in [2.45, 2.75) is 19.9 Å². The standard InChI is InChI=1S/C18H17N5O4S/c1-10-7-8-12(9-14(10)23(26)27)17(25)22-21-16(24)11(2)19-18-20-13-5-3-4-6-15(13)28-18/h3-9,11H,1-2H3,(H,19,20)(H,21,24)(H,22,25)/t11-/m0/s1. The van der Waals surface area contributed by atoms with Crippen LogP contribution in [0.15, 0.2) is 42.5 Å². The van der Waals surface area contributed by atoms with Crippen molar-refractivity contribution in [1.82, 2.24) is 15.8 Å². The monoisotopic (exact) mass is 399 g/mol. The molecule has 2 aromatic carbocycles. The van der Waals surface area contributed by atoms with E-state index in [1.807, 2.05) is 24.3 Å². The molecule has 9 nitrogen and oxygen atoms in total. The number of thiazole rings is 1. The van der Waals surface area contributed by atoms with E-state index in [-0.39, 0.29) is 11.3 Å². The van der Waals surface area contributed by atoms with E-state index in [0.29, 0.717) is 10.7 Å².